The first-order valence-electron chi connectivity index (χ1n) is 10.9. The van der Waals surface area contributed by atoms with Crippen molar-refractivity contribution >= 4 is 17.6 Å². The second kappa shape index (κ2) is 8.28. The number of carbonyl (C=O) groups excluding carboxylic acids is 2. The Morgan fingerprint density at radius 2 is 2.00 bits per heavy atom. The van der Waals surface area contributed by atoms with Gasteiger partial charge in [-0.15, -0.1) is 0 Å². The van der Waals surface area contributed by atoms with Crippen molar-refractivity contribution in [1.29, 1.82) is 0 Å². The highest BCUT2D eigenvalue weighted by Gasteiger charge is 2.37. The summed E-state index contributed by atoms with van der Waals surface area (Å²) in [4.78, 5) is 38.7. The molecule has 2 aromatic rings. The van der Waals surface area contributed by atoms with E-state index in [2.05, 4.69) is 10.5 Å². The molecule has 9 heteroatoms. The van der Waals surface area contributed by atoms with Crippen LogP contribution in [0.4, 0.5) is 5.82 Å². The largest absolute Gasteiger partial charge is 0.373 e. The molecule has 1 unspecified atom stereocenters. The smallest absolute Gasteiger partial charge is 0.260 e. The van der Waals surface area contributed by atoms with Gasteiger partial charge in [0.05, 0.1) is 24.0 Å². The highest BCUT2D eigenvalue weighted by Crippen LogP contribution is 2.35. The van der Waals surface area contributed by atoms with Crippen LogP contribution < -0.4 is 5.32 Å². The molecular weight excluding hydrogens is 396 g/mol. The molecule has 2 aromatic heterocycles. The Morgan fingerprint density at radius 3 is 2.68 bits per heavy atom. The molecule has 0 saturated carbocycles. The number of carbonyl (C=O) groups is 2. The lowest BCUT2D eigenvalue weighted by molar-refractivity contribution is -0.129. The Kier molecular flexibility index (Phi) is 5.68. The molecule has 4 rings (SSSR count). The van der Waals surface area contributed by atoms with Crippen LogP contribution >= 0.6 is 0 Å². The second-order valence-electron chi connectivity index (χ2n) is 8.61. The minimum absolute atomic E-state index is 0.0404. The van der Waals surface area contributed by atoms with Crippen LogP contribution in [-0.2, 0) is 17.8 Å². The quantitative estimate of drug-likeness (QED) is 0.801. The molecule has 4 heterocycles. The van der Waals surface area contributed by atoms with E-state index in [4.69, 9.17) is 14.5 Å². The molecule has 9 nitrogen and oxygen atoms in total. The molecule has 31 heavy (non-hydrogen) atoms. The fourth-order valence-corrected chi connectivity index (χ4v) is 4.54. The summed E-state index contributed by atoms with van der Waals surface area (Å²) in [6.07, 6.45) is 2.40. The topological polar surface area (TPSA) is 104 Å². The molecule has 0 radical (unpaired) electrons. The molecule has 1 saturated heterocycles. The van der Waals surface area contributed by atoms with E-state index >= 15 is 0 Å². The van der Waals surface area contributed by atoms with Gasteiger partial charge in [0.15, 0.2) is 5.82 Å². The molecule has 0 bridgehead atoms. The van der Waals surface area contributed by atoms with Crippen molar-refractivity contribution in [2.45, 2.75) is 65.5 Å². The molecule has 0 aromatic carbocycles. The van der Waals surface area contributed by atoms with Crippen LogP contribution in [0.3, 0.4) is 0 Å². The minimum Gasteiger partial charge on any atom is -0.373 e. The fourth-order valence-electron chi connectivity index (χ4n) is 4.54. The van der Waals surface area contributed by atoms with E-state index in [1.54, 1.807) is 18.7 Å². The van der Waals surface area contributed by atoms with Gasteiger partial charge in [0, 0.05) is 32.6 Å². The Labute approximate surface area is 182 Å². The van der Waals surface area contributed by atoms with Gasteiger partial charge in [0.2, 0.25) is 5.91 Å². The zero-order chi connectivity index (χ0) is 22.3. The number of aromatic nitrogens is 3. The number of likely N-dealkylation sites (tertiary alicyclic amines) is 1. The summed E-state index contributed by atoms with van der Waals surface area (Å²) in [5.74, 6) is 2.00. The van der Waals surface area contributed by atoms with Gasteiger partial charge in [-0.1, -0.05) is 19.0 Å². The Bertz CT molecular complexity index is 1010. The summed E-state index contributed by atoms with van der Waals surface area (Å²) in [7, 11) is 1.84. The minimum atomic E-state index is -0.216. The summed E-state index contributed by atoms with van der Waals surface area (Å²) >= 11 is 0. The Balaban J connectivity index is 1.69. The maximum Gasteiger partial charge on any atom is 0.260 e. The molecule has 1 atom stereocenters. The van der Waals surface area contributed by atoms with Crippen molar-refractivity contribution in [3.63, 3.8) is 0 Å². The second-order valence-corrected chi connectivity index (χ2v) is 8.61. The first kappa shape index (κ1) is 21.3. The van der Waals surface area contributed by atoms with Gasteiger partial charge in [-0.2, -0.15) is 0 Å². The summed E-state index contributed by atoms with van der Waals surface area (Å²) in [5, 5.41) is 7.30. The number of aryl methyl sites for hydroxylation is 1. The number of hydrogen-bond donors (Lipinski definition) is 1. The van der Waals surface area contributed by atoms with Crippen molar-refractivity contribution in [2.75, 3.05) is 25.5 Å². The van der Waals surface area contributed by atoms with E-state index in [1.165, 1.54) is 0 Å². The van der Waals surface area contributed by atoms with E-state index < -0.39 is 0 Å². The molecule has 0 spiro atoms. The van der Waals surface area contributed by atoms with E-state index in [-0.39, 0.29) is 23.8 Å². The fraction of sp³-hybridized carbons (Fsp3) is 0.591. The third-order valence-corrected chi connectivity index (χ3v) is 6.23. The van der Waals surface area contributed by atoms with Gasteiger partial charge in [0.25, 0.3) is 5.91 Å². The molecule has 1 N–H and O–H groups in total. The average Bonchev–Trinajstić information content (AvgIpc) is 3.39. The Hall–Kier alpha value is -2.97. The van der Waals surface area contributed by atoms with Crippen LogP contribution in [0.15, 0.2) is 4.52 Å². The van der Waals surface area contributed by atoms with Crippen LogP contribution in [0.25, 0.3) is 0 Å². The SMILES string of the molecule is CNc1nc(C2CCCN2C(=O)c2c(C(C)C)noc2C)nc2c1CCN(C(C)=O)C2. The van der Waals surface area contributed by atoms with Gasteiger partial charge in [-0.25, -0.2) is 9.97 Å². The van der Waals surface area contributed by atoms with Crippen molar-refractivity contribution in [3.8, 4) is 0 Å². The van der Waals surface area contributed by atoms with E-state index in [0.717, 1.165) is 36.3 Å². The van der Waals surface area contributed by atoms with Crippen LogP contribution in [0.5, 0.6) is 0 Å². The van der Waals surface area contributed by atoms with Gasteiger partial charge >= 0.3 is 0 Å². The monoisotopic (exact) mass is 426 g/mol. The first-order valence-corrected chi connectivity index (χ1v) is 10.9. The van der Waals surface area contributed by atoms with Crippen molar-refractivity contribution < 1.29 is 14.1 Å². The van der Waals surface area contributed by atoms with Crippen molar-refractivity contribution in [2.24, 2.45) is 0 Å². The lowest BCUT2D eigenvalue weighted by Crippen LogP contribution is -2.36. The summed E-state index contributed by atoms with van der Waals surface area (Å²) in [6.45, 7) is 9.14. The molecule has 2 amide bonds. The summed E-state index contributed by atoms with van der Waals surface area (Å²) < 4.78 is 5.35. The lowest BCUT2D eigenvalue weighted by atomic mass is 10.0. The van der Waals surface area contributed by atoms with E-state index in [0.29, 0.717) is 42.5 Å². The standard InChI is InChI=1S/C22H30N6O3/c1-12(2)19-18(13(3)31-26-19)22(30)28-9-6-7-17(28)21-24-16-11-27(14(4)29)10-8-15(16)20(23-5)25-21/h12,17H,6-11H2,1-5H3,(H,23,24,25). The number of anilines is 1. The Morgan fingerprint density at radius 1 is 1.23 bits per heavy atom. The highest BCUT2D eigenvalue weighted by atomic mass is 16.5. The number of nitrogens with zero attached hydrogens (tertiary/aromatic N) is 5. The number of nitrogens with one attached hydrogen (secondary N) is 1. The lowest BCUT2D eigenvalue weighted by Gasteiger charge is -2.30. The average molecular weight is 427 g/mol. The zero-order valence-corrected chi connectivity index (χ0v) is 18.9. The van der Waals surface area contributed by atoms with Crippen molar-refractivity contribution in [1.82, 2.24) is 24.9 Å². The van der Waals surface area contributed by atoms with Gasteiger partial charge in [-0.3, -0.25) is 9.59 Å². The number of fused-ring (bicyclic) bond motifs is 1. The van der Waals surface area contributed by atoms with Gasteiger partial charge in [0.1, 0.15) is 17.1 Å². The molecule has 1 fully saturated rings. The highest BCUT2D eigenvalue weighted by molar-refractivity contribution is 5.96. The van der Waals surface area contributed by atoms with Crippen LogP contribution in [0.1, 0.15) is 84.5 Å². The number of amides is 2. The first-order chi connectivity index (χ1) is 14.8. The summed E-state index contributed by atoms with van der Waals surface area (Å²) in [5.41, 5.74) is 3.15. The number of hydrogen-bond acceptors (Lipinski definition) is 7. The third-order valence-electron chi connectivity index (χ3n) is 6.23. The third kappa shape index (κ3) is 3.77. The predicted octanol–water partition coefficient (Wildman–Crippen LogP) is 2.82. The van der Waals surface area contributed by atoms with Crippen LogP contribution in [0, 0.1) is 6.92 Å². The van der Waals surface area contributed by atoms with Crippen molar-refractivity contribution in [3.05, 3.63) is 34.1 Å². The van der Waals surface area contributed by atoms with Gasteiger partial charge in [-0.05, 0) is 32.1 Å². The molecular formula is C22H30N6O3. The molecule has 2 aliphatic rings. The molecule has 166 valence electrons. The maximum absolute atomic E-state index is 13.5. The van der Waals surface area contributed by atoms with E-state index in [9.17, 15) is 9.59 Å². The van der Waals surface area contributed by atoms with Crippen LogP contribution in [0.2, 0.25) is 0 Å². The normalized spacial score (nSPS) is 18.5. The van der Waals surface area contributed by atoms with Gasteiger partial charge < -0.3 is 19.6 Å². The number of rotatable bonds is 4. The molecule has 0 aliphatic carbocycles. The maximum atomic E-state index is 13.5. The van der Waals surface area contributed by atoms with Crippen LogP contribution in [-0.4, -0.2) is 56.9 Å². The summed E-state index contributed by atoms with van der Waals surface area (Å²) in [6, 6.07) is -0.216. The molecule has 2 aliphatic heterocycles. The van der Waals surface area contributed by atoms with E-state index in [1.807, 2.05) is 25.8 Å². The zero-order valence-electron chi connectivity index (χ0n) is 18.9. The predicted molar refractivity (Wildman–Crippen MR) is 115 cm³/mol.